The Kier molecular flexibility index (Phi) is 5.30. The standard InChI is InChI=1S/C22H22N2O3S/c1-2-27-21(25)19-17-9-5-6-10-18(17)28-20(19)24-22(26)23-16-12-11-14-7-3-4-8-15(14)13-16/h3-4,7-8,11-13H,2,5-6,9-10H2,1H3,(H2,23,24,26). The molecule has 0 unspecified atom stereocenters. The lowest BCUT2D eigenvalue weighted by Gasteiger charge is -2.12. The molecule has 5 nitrogen and oxygen atoms in total. The van der Waals surface area contributed by atoms with Crippen molar-refractivity contribution in [3.8, 4) is 0 Å². The molecular formula is C22H22N2O3S. The summed E-state index contributed by atoms with van der Waals surface area (Å²) in [6.45, 7) is 2.10. The molecule has 28 heavy (non-hydrogen) atoms. The van der Waals surface area contributed by atoms with E-state index in [9.17, 15) is 9.59 Å². The fourth-order valence-electron chi connectivity index (χ4n) is 3.61. The van der Waals surface area contributed by atoms with Gasteiger partial charge in [0.15, 0.2) is 0 Å². The van der Waals surface area contributed by atoms with Gasteiger partial charge in [0.1, 0.15) is 5.00 Å². The van der Waals surface area contributed by atoms with Crippen LogP contribution in [0.4, 0.5) is 15.5 Å². The molecule has 0 saturated heterocycles. The number of hydrogen-bond acceptors (Lipinski definition) is 4. The van der Waals surface area contributed by atoms with E-state index in [2.05, 4.69) is 10.6 Å². The Balaban J connectivity index is 1.56. The molecular weight excluding hydrogens is 372 g/mol. The van der Waals surface area contributed by atoms with E-state index in [1.54, 1.807) is 6.92 Å². The second-order valence-electron chi connectivity index (χ2n) is 6.78. The molecule has 144 valence electrons. The maximum atomic E-state index is 12.6. The van der Waals surface area contributed by atoms with Crippen molar-refractivity contribution in [1.82, 2.24) is 0 Å². The third-order valence-electron chi connectivity index (χ3n) is 4.89. The zero-order chi connectivity index (χ0) is 19.5. The molecule has 2 amide bonds. The Morgan fingerprint density at radius 3 is 2.64 bits per heavy atom. The number of esters is 1. The first-order valence-corrected chi connectivity index (χ1v) is 10.4. The SMILES string of the molecule is CCOC(=O)c1c(NC(=O)Nc2ccc3ccccc3c2)sc2c1CCCC2. The molecule has 1 aliphatic rings. The first-order chi connectivity index (χ1) is 13.7. The van der Waals surface area contributed by atoms with Gasteiger partial charge in [-0.25, -0.2) is 9.59 Å². The zero-order valence-corrected chi connectivity index (χ0v) is 16.5. The normalized spacial score (nSPS) is 13.0. The first kappa shape index (κ1) is 18.5. The van der Waals surface area contributed by atoms with Crippen molar-refractivity contribution in [2.45, 2.75) is 32.6 Å². The van der Waals surface area contributed by atoms with Crippen LogP contribution in [-0.4, -0.2) is 18.6 Å². The van der Waals surface area contributed by atoms with Crippen LogP contribution < -0.4 is 10.6 Å². The molecule has 1 aromatic heterocycles. The number of fused-ring (bicyclic) bond motifs is 2. The summed E-state index contributed by atoms with van der Waals surface area (Å²) in [7, 11) is 0. The van der Waals surface area contributed by atoms with E-state index in [0.717, 1.165) is 42.0 Å². The third kappa shape index (κ3) is 3.73. The van der Waals surface area contributed by atoms with Crippen LogP contribution in [-0.2, 0) is 17.6 Å². The van der Waals surface area contributed by atoms with Crippen molar-refractivity contribution >= 4 is 44.8 Å². The van der Waals surface area contributed by atoms with Crippen molar-refractivity contribution in [2.75, 3.05) is 17.2 Å². The van der Waals surface area contributed by atoms with Gasteiger partial charge in [-0.1, -0.05) is 30.3 Å². The number of urea groups is 1. The van der Waals surface area contributed by atoms with Gasteiger partial charge in [0.2, 0.25) is 0 Å². The molecule has 0 aliphatic heterocycles. The van der Waals surface area contributed by atoms with Crippen molar-refractivity contribution in [1.29, 1.82) is 0 Å². The van der Waals surface area contributed by atoms with Gasteiger partial charge in [-0.2, -0.15) is 0 Å². The minimum Gasteiger partial charge on any atom is -0.462 e. The van der Waals surface area contributed by atoms with E-state index in [0.29, 0.717) is 22.9 Å². The number of anilines is 2. The van der Waals surface area contributed by atoms with Gasteiger partial charge >= 0.3 is 12.0 Å². The number of carbonyl (C=O) groups excluding carboxylic acids is 2. The summed E-state index contributed by atoms with van der Waals surface area (Å²) in [6.07, 6.45) is 3.96. The molecule has 0 atom stereocenters. The maximum Gasteiger partial charge on any atom is 0.341 e. The van der Waals surface area contributed by atoms with E-state index < -0.39 is 0 Å². The summed E-state index contributed by atoms with van der Waals surface area (Å²) in [6, 6.07) is 13.4. The van der Waals surface area contributed by atoms with E-state index in [1.165, 1.54) is 16.2 Å². The zero-order valence-electron chi connectivity index (χ0n) is 15.7. The molecule has 2 N–H and O–H groups in total. The molecule has 3 aromatic rings. The molecule has 0 spiro atoms. The van der Waals surface area contributed by atoms with Gasteiger partial charge in [0, 0.05) is 10.6 Å². The van der Waals surface area contributed by atoms with Gasteiger partial charge < -0.3 is 10.1 Å². The second kappa shape index (κ2) is 8.02. The molecule has 1 aliphatic carbocycles. The minimum atomic E-state index is -0.362. The average molecular weight is 394 g/mol. The Morgan fingerprint density at radius 1 is 1.04 bits per heavy atom. The monoisotopic (exact) mass is 394 g/mol. The number of carbonyl (C=O) groups is 2. The van der Waals surface area contributed by atoms with Crippen LogP contribution in [0.1, 0.15) is 40.6 Å². The summed E-state index contributed by atoms with van der Waals surface area (Å²) in [5.41, 5.74) is 2.26. The third-order valence-corrected chi connectivity index (χ3v) is 6.09. The lowest BCUT2D eigenvalue weighted by molar-refractivity contribution is 0.0526. The lowest BCUT2D eigenvalue weighted by Crippen LogP contribution is -2.20. The van der Waals surface area contributed by atoms with Crippen molar-refractivity contribution < 1.29 is 14.3 Å². The quantitative estimate of drug-likeness (QED) is 0.566. The summed E-state index contributed by atoms with van der Waals surface area (Å²) >= 11 is 1.48. The number of nitrogens with one attached hydrogen (secondary N) is 2. The topological polar surface area (TPSA) is 67.4 Å². The number of benzene rings is 2. The summed E-state index contributed by atoms with van der Waals surface area (Å²) in [5, 5.41) is 8.48. The minimum absolute atomic E-state index is 0.312. The highest BCUT2D eigenvalue weighted by molar-refractivity contribution is 7.17. The van der Waals surface area contributed by atoms with Gasteiger partial charge in [-0.3, -0.25) is 5.32 Å². The predicted octanol–water partition coefficient (Wildman–Crippen LogP) is 5.60. The molecule has 6 heteroatoms. The highest BCUT2D eigenvalue weighted by Crippen LogP contribution is 2.38. The number of amides is 2. The molecule has 4 rings (SSSR count). The molecule has 1 heterocycles. The summed E-state index contributed by atoms with van der Waals surface area (Å²) in [4.78, 5) is 26.3. The highest BCUT2D eigenvalue weighted by Gasteiger charge is 2.27. The number of hydrogen-bond donors (Lipinski definition) is 2. The van der Waals surface area contributed by atoms with Crippen LogP contribution in [0.15, 0.2) is 42.5 Å². The van der Waals surface area contributed by atoms with Crippen LogP contribution in [0, 0.1) is 0 Å². The lowest BCUT2D eigenvalue weighted by atomic mass is 9.95. The number of ether oxygens (including phenoxy) is 1. The summed E-state index contributed by atoms with van der Waals surface area (Å²) in [5.74, 6) is -0.358. The molecule has 0 radical (unpaired) electrons. The van der Waals surface area contributed by atoms with Crippen molar-refractivity contribution in [2.24, 2.45) is 0 Å². The first-order valence-electron chi connectivity index (χ1n) is 9.54. The summed E-state index contributed by atoms with van der Waals surface area (Å²) < 4.78 is 5.24. The number of rotatable bonds is 4. The van der Waals surface area contributed by atoms with Gasteiger partial charge in [0.05, 0.1) is 12.2 Å². The van der Waals surface area contributed by atoms with Crippen molar-refractivity contribution in [3.05, 3.63) is 58.5 Å². The van der Waals surface area contributed by atoms with E-state index in [1.807, 2.05) is 42.5 Å². The van der Waals surface area contributed by atoms with Crippen LogP contribution >= 0.6 is 11.3 Å². The molecule has 0 saturated carbocycles. The Labute approximate surface area is 167 Å². The Hall–Kier alpha value is -2.86. The highest BCUT2D eigenvalue weighted by atomic mass is 32.1. The number of aryl methyl sites for hydroxylation is 1. The van der Waals surface area contributed by atoms with Gasteiger partial charge in [0.25, 0.3) is 0 Å². The largest absolute Gasteiger partial charge is 0.462 e. The fraction of sp³-hybridized carbons (Fsp3) is 0.273. The Bertz CT molecular complexity index is 1040. The van der Waals surface area contributed by atoms with Crippen LogP contribution in [0.5, 0.6) is 0 Å². The van der Waals surface area contributed by atoms with E-state index in [-0.39, 0.29) is 12.0 Å². The molecule has 2 aromatic carbocycles. The second-order valence-corrected chi connectivity index (χ2v) is 7.88. The Morgan fingerprint density at radius 2 is 1.82 bits per heavy atom. The molecule has 0 fully saturated rings. The predicted molar refractivity (Wildman–Crippen MR) is 114 cm³/mol. The van der Waals surface area contributed by atoms with Crippen LogP contribution in [0.3, 0.4) is 0 Å². The van der Waals surface area contributed by atoms with Gasteiger partial charge in [-0.05, 0) is 61.1 Å². The van der Waals surface area contributed by atoms with Crippen LogP contribution in [0.2, 0.25) is 0 Å². The maximum absolute atomic E-state index is 12.6. The van der Waals surface area contributed by atoms with Crippen LogP contribution in [0.25, 0.3) is 10.8 Å². The average Bonchev–Trinajstić information content (AvgIpc) is 3.05. The van der Waals surface area contributed by atoms with Gasteiger partial charge in [-0.15, -0.1) is 11.3 Å². The van der Waals surface area contributed by atoms with Crippen molar-refractivity contribution in [3.63, 3.8) is 0 Å². The van der Waals surface area contributed by atoms with E-state index in [4.69, 9.17) is 4.74 Å². The molecule has 0 bridgehead atoms. The smallest absolute Gasteiger partial charge is 0.341 e. The van der Waals surface area contributed by atoms with E-state index >= 15 is 0 Å². The number of thiophene rings is 1. The fourth-order valence-corrected chi connectivity index (χ4v) is 4.88.